The lowest BCUT2D eigenvalue weighted by Crippen LogP contribution is -2.18. The third-order valence-electron chi connectivity index (χ3n) is 2.72. The second-order valence-electron chi connectivity index (χ2n) is 4.57. The Labute approximate surface area is 137 Å². The van der Waals surface area contributed by atoms with E-state index in [2.05, 4.69) is 15.9 Å². The smallest absolute Gasteiger partial charge is 0.146 e. The van der Waals surface area contributed by atoms with Crippen LogP contribution in [-0.4, -0.2) is 6.04 Å². The summed E-state index contributed by atoms with van der Waals surface area (Å²) in [6.07, 6.45) is 0.642. The van der Waals surface area contributed by atoms with Crippen LogP contribution in [0.1, 0.15) is 12.5 Å². The minimum absolute atomic E-state index is 0.00219. The van der Waals surface area contributed by atoms with Crippen molar-refractivity contribution in [3.8, 4) is 11.5 Å². The van der Waals surface area contributed by atoms with Gasteiger partial charge in [0.2, 0.25) is 0 Å². The molecular formula is C15H14BrCl2NO. The number of hydrogen-bond acceptors (Lipinski definition) is 2. The molecule has 0 aliphatic carbocycles. The summed E-state index contributed by atoms with van der Waals surface area (Å²) in [6, 6.07) is 11.0. The highest BCUT2D eigenvalue weighted by Crippen LogP contribution is 2.35. The number of rotatable bonds is 4. The predicted molar refractivity (Wildman–Crippen MR) is 88.0 cm³/mol. The molecule has 1 unspecified atom stereocenters. The number of ether oxygens (including phenoxy) is 1. The highest BCUT2D eigenvalue weighted by Gasteiger charge is 2.12. The zero-order chi connectivity index (χ0) is 14.7. The average Bonchev–Trinajstić information content (AvgIpc) is 2.36. The van der Waals surface area contributed by atoms with Gasteiger partial charge in [-0.1, -0.05) is 45.2 Å². The third-order valence-corrected chi connectivity index (χ3v) is 3.86. The van der Waals surface area contributed by atoms with Crippen molar-refractivity contribution in [2.45, 2.75) is 19.4 Å². The van der Waals surface area contributed by atoms with Gasteiger partial charge in [-0.05, 0) is 43.7 Å². The first-order valence-electron chi connectivity index (χ1n) is 6.13. The summed E-state index contributed by atoms with van der Waals surface area (Å²) >= 11 is 15.8. The number of benzene rings is 2. The zero-order valence-electron chi connectivity index (χ0n) is 10.9. The Kier molecular flexibility index (Phi) is 5.33. The molecule has 2 aromatic carbocycles. The molecule has 5 heteroatoms. The van der Waals surface area contributed by atoms with Crippen molar-refractivity contribution >= 4 is 39.1 Å². The summed E-state index contributed by atoms with van der Waals surface area (Å²) in [5, 5.41) is 1.18. The van der Waals surface area contributed by atoms with Crippen LogP contribution in [0, 0.1) is 0 Å². The Bertz CT molecular complexity index is 617. The molecular weight excluding hydrogens is 361 g/mol. The standard InChI is InChI=1S/C15H14BrCl2NO/c1-9(19)7-11-12(17)3-2-4-14(11)20-15-6-5-10(16)8-13(15)18/h2-6,8-9H,7,19H2,1H3. The molecule has 2 rings (SSSR count). The minimum atomic E-state index is -0.00219. The molecule has 0 saturated heterocycles. The molecule has 2 N–H and O–H groups in total. The van der Waals surface area contributed by atoms with E-state index in [0.717, 1.165) is 10.0 Å². The van der Waals surface area contributed by atoms with Gasteiger partial charge in [0, 0.05) is 21.1 Å². The van der Waals surface area contributed by atoms with Crippen LogP contribution in [0.2, 0.25) is 10.0 Å². The summed E-state index contributed by atoms with van der Waals surface area (Å²) in [5.74, 6) is 1.27. The average molecular weight is 375 g/mol. The van der Waals surface area contributed by atoms with Gasteiger partial charge in [0.05, 0.1) is 5.02 Å². The molecule has 2 nitrogen and oxygen atoms in total. The highest BCUT2D eigenvalue weighted by molar-refractivity contribution is 9.10. The molecule has 20 heavy (non-hydrogen) atoms. The first-order valence-corrected chi connectivity index (χ1v) is 7.68. The Morgan fingerprint density at radius 2 is 1.90 bits per heavy atom. The first kappa shape index (κ1) is 15.6. The second kappa shape index (κ2) is 6.81. The lowest BCUT2D eigenvalue weighted by molar-refractivity contribution is 0.474. The van der Waals surface area contributed by atoms with E-state index in [1.54, 1.807) is 6.07 Å². The van der Waals surface area contributed by atoms with Crippen molar-refractivity contribution in [1.29, 1.82) is 0 Å². The van der Waals surface area contributed by atoms with Crippen LogP contribution < -0.4 is 10.5 Å². The molecule has 106 valence electrons. The van der Waals surface area contributed by atoms with Crippen molar-refractivity contribution in [3.63, 3.8) is 0 Å². The summed E-state index contributed by atoms with van der Waals surface area (Å²) in [6.45, 7) is 1.93. The molecule has 2 aromatic rings. The number of halogens is 3. The fourth-order valence-electron chi connectivity index (χ4n) is 1.83. The van der Waals surface area contributed by atoms with Gasteiger partial charge in [-0.25, -0.2) is 0 Å². The molecule has 0 saturated carbocycles. The van der Waals surface area contributed by atoms with Crippen LogP contribution in [0.4, 0.5) is 0 Å². The molecule has 1 atom stereocenters. The molecule has 0 amide bonds. The first-order chi connectivity index (χ1) is 9.47. The highest BCUT2D eigenvalue weighted by atomic mass is 79.9. The quantitative estimate of drug-likeness (QED) is 0.773. The summed E-state index contributed by atoms with van der Waals surface area (Å²) in [5.41, 5.74) is 6.75. The minimum Gasteiger partial charge on any atom is -0.455 e. The third kappa shape index (κ3) is 3.89. The lowest BCUT2D eigenvalue weighted by atomic mass is 10.1. The molecule has 0 bridgehead atoms. The predicted octanol–water partition coefficient (Wildman–Crippen LogP) is 5.44. The van der Waals surface area contributed by atoms with Crippen molar-refractivity contribution in [1.82, 2.24) is 0 Å². The monoisotopic (exact) mass is 373 g/mol. The van der Waals surface area contributed by atoms with E-state index >= 15 is 0 Å². The van der Waals surface area contributed by atoms with Gasteiger partial charge in [0.25, 0.3) is 0 Å². The second-order valence-corrected chi connectivity index (χ2v) is 6.30. The van der Waals surface area contributed by atoms with Crippen molar-refractivity contribution < 1.29 is 4.74 Å². The molecule has 0 radical (unpaired) electrons. The topological polar surface area (TPSA) is 35.2 Å². The van der Waals surface area contributed by atoms with Gasteiger partial charge in [0.15, 0.2) is 0 Å². The van der Waals surface area contributed by atoms with E-state index in [1.165, 1.54) is 0 Å². The van der Waals surface area contributed by atoms with Crippen LogP contribution in [0.5, 0.6) is 11.5 Å². The van der Waals surface area contributed by atoms with Gasteiger partial charge >= 0.3 is 0 Å². The Morgan fingerprint density at radius 1 is 1.15 bits per heavy atom. The molecule has 0 heterocycles. The van der Waals surface area contributed by atoms with Crippen molar-refractivity contribution in [3.05, 3.63) is 56.5 Å². The maximum Gasteiger partial charge on any atom is 0.146 e. The molecule has 0 aliphatic rings. The normalized spacial score (nSPS) is 12.2. The van der Waals surface area contributed by atoms with Crippen LogP contribution in [0.15, 0.2) is 40.9 Å². The SMILES string of the molecule is CC(N)Cc1c(Cl)cccc1Oc1ccc(Br)cc1Cl. The Hall–Kier alpha value is -0.740. The molecule has 0 aliphatic heterocycles. The largest absolute Gasteiger partial charge is 0.455 e. The Morgan fingerprint density at radius 3 is 2.55 bits per heavy atom. The van der Waals surface area contributed by atoms with Gasteiger partial charge in [-0.15, -0.1) is 0 Å². The Balaban J connectivity index is 2.35. The van der Waals surface area contributed by atoms with Crippen LogP contribution in [-0.2, 0) is 6.42 Å². The number of nitrogens with two attached hydrogens (primary N) is 1. The van der Waals surface area contributed by atoms with Crippen LogP contribution in [0.25, 0.3) is 0 Å². The van der Waals surface area contributed by atoms with E-state index < -0.39 is 0 Å². The van der Waals surface area contributed by atoms with Gasteiger partial charge in [-0.3, -0.25) is 0 Å². The fourth-order valence-corrected chi connectivity index (χ4v) is 2.79. The van der Waals surface area contributed by atoms with Gasteiger partial charge < -0.3 is 10.5 Å². The van der Waals surface area contributed by atoms with E-state index in [1.807, 2.05) is 37.3 Å². The summed E-state index contributed by atoms with van der Waals surface area (Å²) in [4.78, 5) is 0. The van der Waals surface area contributed by atoms with Crippen LogP contribution in [0.3, 0.4) is 0 Å². The van der Waals surface area contributed by atoms with Gasteiger partial charge in [0.1, 0.15) is 11.5 Å². The molecule has 0 spiro atoms. The zero-order valence-corrected chi connectivity index (χ0v) is 14.0. The van der Waals surface area contributed by atoms with E-state index in [4.69, 9.17) is 33.7 Å². The van der Waals surface area contributed by atoms with E-state index in [0.29, 0.717) is 28.0 Å². The maximum atomic E-state index is 6.23. The van der Waals surface area contributed by atoms with Crippen molar-refractivity contribution in [2.75, 3.05) is 0 Å². The number of hydrogen-bond donors (Lipinski definition) is 1. The van der Waals surface area contributed by atoms with Crippen molar-refractivity contribution in [2.24, 2.45) is 5.73 Å². The maximum absolute atomic E-state index is 6.23. The van der Waals surface area contributed by atoms with Crippen LogP contribution >= 0.6 is 39.1 Å². The molecule has 0 fully saturated rings. The summed E-state index contributed by atoms with van der Waals surface area (Å²) in [7, 11) is 0. The van der Waals surface area contributed by atoms with E-state index in [-0.39, 0.29) is 6.04 Å². The fraction of sp³-hybridized carbons (Fsp3) is 0.200. The summed E-state index contributed by atoms with van der Waals surface area (Å²) < 4.78 is 6.78. The lowest BCUT2D eigenvalue weighted by Gasteiger charge is -2.15. The van der Waals surface area contributed by atoms with E-state index in [9.17, 15) is 0 Å². The van der Waals surface area contributed by atoms with Gasteiger partial charge in [-0.2, -0.15) is 0 Å². The molecule has 0 aromatic heterocycles.